The highest BCUT2D eigenvalue weighted by Crippen LogP contribution is 2.41. The molecule has 0 bridgehead atoms. The molecule has 0 radical (unpaired) electrons. The molecule has 0 aliphatic heterocycles. The summed E-state index contributed by atoms with van der Waals surface area (Å²) in [5.41, 5.74) is 8.58. The Balaban J connectivity index is 2.09. The molecule has 0 spiro atoms. The smallest absolute Gasteiger partial charge is 0.220 e. The number of anilines is 1. The number of ketones is 1. The van der Waals surface area contributed by atoms with Crippen LogP contribution in [0.3, 0.4) is 0 Å². The molecule has 1 aliphatic rings. The molecule has 0 amide bonds. The molecule has 0 fully saturated rings. The molecule has 1 heterocycles. The third kappa shape index (κ3) is 2.60. The highest BCUT2D eigenvalue weighted by molar-refractivity contribution is 6.00. The number of ether oxygens (including phenoxy) is 2. The van der Waals surface area contributed by atoms with Crippen LogP contribution in [-0.4, -0.2) is 30.0 Å². The number of nitrogens with zero attached hydrogens (tertiary/aromatic N) is 2. The number of nitrogen functional groups attached to an aromatic ring is 1. The van der Waals surface area contributed by atoms with E-state index in [1.807, 2.05) is 18.2 Å². The van der Waals surface area contributed by atoms with Gasteiger partial charge in [-0.05, 0) is 25.5 Å². The number of hydrogen-bond donors (Lipinski definition) is 1. The highest BCUT2D eigenvalue weighted by Gasteiger charge is 2.32. The zero-order valence-corrected chi connectivity index (χ0v) is 13.4. The lowest BCUT2D eigenvalue weighted by Gasteiger charge is -2.26. The standard InChI is InChI=1S/C17H19N3O3/c1-9-15-11(20-17(18)19-9)7-10(8-12(15)21)16-13(22-2)5-4-6-14(16)23-3/h4-6,10H,7-8H2,1-3H3,(H2,18,19,20). The molecule has 0 saturated carbocycles. The molecule has 3 rings (SSSR count). The van der Waals surface area contributed by atoms with Crippen LogP contribution in [-0.2, 0) is 6.42 Å². The summed E-state index contributed by atoms with van der Waals surface area (Å²) >= 11 is 0. The lowest BCUT2D eigenvalue weighted by Crippen LogP contribution is -2.23. The summed E-state index contributed by atoms with van der Waals surface area (Å²) in [6.07, 6.45) is 0.975. The Bertz CT molecular complexity index is 752. The van der Waals surface area contributed by atoms with Gasteiger partial charge in [-0.15, -0.1) is 0 Å². The summed E-state index contributed by atoms with van der Waals surface area (Å²) in [7, 11) is 3.22. The summed E-state index contributed by atoms with van der Waals surface area (Å²) in [6.45, 7) is 1.79. The van der Waals surface area contributed by atoms with Gasteiger partial charge < -0.3 is 15.2 Å². The molecule has 120 valence electrons. The molecule has 0 saturated heterocycles. The summed E-state index contributed by atoms with van der Waals surface area (Å²) in [5, 5.41) is 0. The van der Waals surface area contributed by atoms with Crippen molar-refractivity contribution in [3.8, 4) is 11.5 Å². The molecule has 1 unspecified atom stereocenters. The van der Waals surface area contributed by atoms with Crippen LogP contribution in [0.5, 0.6) is 11.5 Å². The van der Waals surface area contributed by atoms with Crippen molar-refractivity contribution in [1.29, 1.82) is 0 Å². The molecule has 23 heavy (non-hydrogen) atoms. The van der Waals surface area contributed by atoms with E-state index in [9.17, 15) is 4.79 Å². The maximum Gasteiger partial charge on any atom is 0.220 e. The van der Waals surface area contributed by atoms with Crippen LogP contribution in [0.4, 0.5) is 5.95 Å². The van der Waals surface area contributed by atoms with Gasteiger partial charge in [-0.25, -0.2) is 9.97 Å². The minimum absolute atomic E-state index is 0.0294. The fourth-order valence-corrected chi connectivity index (χ4v) is 3.28. The maximum absolute atomic E-state index is 12.6. The van der Waals surface area contributed by atoms with E-state index in [0.717, 1.165) is 5.56 Å². The Hall–Kier alpha value is -2.63. The third-order valence-electron chi connectivity index (χ3n) is 4.21. The Morgan fingerprint density at radius 3 is 2.39 bits per heavy atom. The summed E-state index contributed by atoms with van der Waals surface area (Å²) in [4.78, 5) is 21.0. The van der Waals surface area contributed by atoms with Gasteiger partial charge in [0.15, 0.2) is 5.78 Å². The van der Waals surface area contributed by atoms with E-state index in [0.29, 0.717) is 41.3 Å². The monoisotopic (exact) mass is 313 g/mol. The van der Waals surface area contributed by atoms with Gasteiger partial charge in [-0.3, -0.25) is 4.79 Å². The first-order valence-corrected chi connectivity index (χ1v) is 7.42. The summed E-state index contributed by atoms with van der Waals surface area (Å²) < 4.78 is 10.9. The van der Waals surface area contributed by atoms with Crippen LogP contribution in [0.2, 0.25) is 0 Å². The van der Waals surface area contributed by atoms with E-state index in [4.69, 9.17) is 15.2 Å². The fourth-order valence-electron chi connectivity index (χ4n) is 3.28. The summed E-state index contributed by atoms with van der Waals surface area (Å²) in [6, 6.07) is 5.61. The van der Waals surface area contributed by atoms with Crippen molar-refractivity contribution in [3.63, 3.8) is 0 Å². The minimum Gasteiger partial charge on any atom is -0.496 e. The normalized spacial score (nSPS) is 16.8. The van der Waals surface area contributed by atoms with Gasteiger partial charge in [0.2, 0.25) is 5.95 Å². The molecule has 6 nitrogen and oxygen atoms in total. The molecule has 2 aromatic rings. The van der Waals surface area contributed by atoms with Crippen LogP contribution in [0.1, 0.15) is 39.6 Å². The Kier molecular flexibility index (Phi) is 3.90. The van der Waals surface area contributed by atoms with Crippen molar-refractivity contribution in [2.45, 2.75) is 25.7 Å². The van der Waals surface area contributed by atoms with E-state index in [1.165, 1.54) is 0 Å². The number of rotatable bonds is 3. The largest absolute Gasteiger partial charge is 0.496 e. The lowest BCUT2D eigenvalue weighted by atomic mass is 9.80. The van der Waals surface area contributed by atoms with Crippen molar-refractivity contribution in [3.05, 3.63) is 40.7 Å². The molecule has 1 aromatic carbocycles. The first kappa shape index (κ1) is 15.3. The van der Waals surface area contributed by atoms with Gasteiger partial charge in [0.05, 0.1) is 31.2 Å². The van der Waals surface area contributed by atoms with Crippen LogP contribution in [0.15, 0.2) is 18.2 Å². The molecule has 1 atom stereocenters. The number of aromatic nitrogens is 2. The number of carbonyl (C=O) groups excluding carboxylic acids is 1. The lowest BCUT2D eigenvalue weighted by molar-refractivity contribution is 0.0961. The molecule has 1 aromatic heterocycles. The van der Waals surface area contributed by atoms with Crippen LogP contribution in [0, 0.1) is 6.92 Å². The van der Waals surface area contributed by atoms with E-state index in [-0.39, 0.29) is 17.6 Å². The Labute approximate surface area is 134 Å². The average molecular weight is 313 g/mol. The molecule has 6 heteroatoms. The Morgan fingerprint density at radius 1 is 1.13 bits per heavy atom. The van der Waals surface area contributed by atoms with Crippen LogP contribution >= 0.6 is 0 Å². The van der Waals surface area contributed by atoms with E-state index in [2.05, 4.69) is 9.97 Å². The van der Waals surface area contributed by atoms with Crippen molar-refractivity contribution in [1.82, 2.24) is 9.97 Å². The number of methoxy groups -OCH3 is 2. The predicted octanol–water partition coefficient (Wildman–Crippen LogP) is 2.30. The zero-order valence-electron chi connectivity index (χ0n) is 13.4. The number of fused-ring (bicyclic) bond motifs is 1. The number of Topliss-reactive ketones (excluding diaryl/α,β-unsaturated/α-hetero) is 1. The van der Waals surface area contributed by atoms with Gasteiger partial charge in [-0.1, -0.05) is 6.07 Å². The van der Waals surface area contributed by atoms with Crippen molar-refractivity contribution in [2.75, 3.05) is 20.0 Å². The molecular weight excluding hydrogens is 294 g/mol. The maximum atomic E-state index is 12.6. The average Bonchev–Trinajstić information content (AvgIpc) is 2.52. The second-order valence-electron chi connectivity index (χ2n) is 5.59. The van der Waals surface area contributed by atoms with Crippen LogP contribution < -0.4 is 15.2 Å². The van der Waals surface area contributed by atoms with E-state index >= 15 is 0 Å². The highest BCUT2D eigenvalue weighted by atomic mass is 16.5. The van der Waals surface area contributed by atoms with Gasteiger partial charge in [0, 0.05) is 17.9 Å². The number of aryl methyl sites for hydroxylation is 1. The Morgan fingerprint density at radius 2 is 1.78 bits per heavy atom. The van der Waals surface area contributed by atoms with Crippen LogP contribution in [0.25, 0.3) is 0 Å². The number of hydrogen-bond acceptors (Lipinski definition) is 6. The zero-order chi connectivity index (χ0) is 16.6. The second-order valence-corrected chi connectivity index (χ2v) is 5.59. The summed E-state index contributed by atoms with van der Waals surface area (Å²) in [5.74, 6) is 1.59. The first-order valence-electron chi connectivity index (χ1n) is 7.42. The van der Waals surface area contributed by atoms with Crippen molar-refractivity contribution >= 4 is 11.7 Å². The van der Waals surface area contributed by atoms with E-state index < -0.39 is 0 Å². The minimum atomic E-state index is -0.0604. The van der Waals surface area contributed by atoms with Gasteiger partial charge in [0.1, 0.15) is 11.5 Å². The molecular formula is C17H19N3O3. The molecule has 2 N–H and O–H groups in total. The van der Waals surface area contributed by atoms with Gasteiger partial charge >= 0.3 is 0 Å². The fraction of sp³-hybridized carbons (Fsp3) is 0.353. The number of carbonyl (C=O) groups is 1. The number of nitrogens with two attached hydrogens (primary N) is 1. The topological polar surface area (TPSA) is 87.3 Å². The van der Waals surface area contributed by atoms with Crippen molar-refractivity contribution in [2.24, 2.45) is 0 Å². The van der Waals surface area contributed by atoms with Gasteiger partial charge in [-0.2, -0.15) is 0 Å². The molecule has 1 aliphatic carbocycles. The second kappa shape index (κ2) is 5.87. The van der Waals surface area contributed by atoms with Crippen molar-refractivity contribution < 1.29 is 14.3 Å². The van der Waals surface area contributed by atoms with Gasteiger partial charge in [0.25, 0.3) is 0 Å². The number of benzene rings is 1. The first-order chi connectivity index (χ1) is 11.0. The quantitative estimate of drug-likeness (QED) is 0.935. The third-order valence-corrected chi connectivity index (χ3v) is 4.21. The predicted molar refractivity (Wildman–Crippen MR) is 86.1 cm³/mol. The SMILES string of the molecule is COc1cccc(OC)c1C1CC(=O)c2c(C)nc(N)nc2C1. The van der Waals surface area contributed by atoms with E-state index in [1.54, 1.807) is 21.1 Å².